The molecule has 0 radical (unpaired) electrons. The van der Waals surface area contributed by atoms with E-state index in [2.05, 4.69) is 11.6 Å². The zero-order chi connectivity index (χ0) is 26.7. The summed E-state index contributed by atoms with van der Waals surface area (Å²) in [5.74, 6) is 0.479. The normalized spacial score (nSPS) is 15.1. The van der Waals surface area contributed by atoms with E-state index >= 15 is 0 Å². The molecule has 1 aliphatic rings. The van der Waals surface area contributed by atoms with Crippen molar-refractivity contribution in [1.82, 2.24) is 4.57 Å². The zero-order valence-electron chi connectivity index (χ0n) is 21.1. The minimum atomic E-state index is -0.714. The van der Waals surface area contributed by atoms with Crippen molar-refractivity contribution in [3.63, 3.8) is 0 Å². The lowest BCUT2D eigenvalue weighted by Crippen LogP contribution is -2.39. The fourth-order valence-electron chi connectivity index (χ4n) is 4.28. The van der Waals surface area contributed by atoms with Crippen LogP contribution < -0.4 is 24.4 Å². The highest BCUT2D eigenvalue weighted by atomic mass is 32.1. The van der Waals surface area contributed by atoms with Crippen LogP contribution in [0, 0.1) is 0 Å². The Morgan fingerprint density at radius 1 is 1.22 bits per heavy atom. The second kappa shape index (κ2) is 10.9. The van der Waals surface area contributed by atoms with Crippen molar-refractivity contribution in [1.29, 1.82) is 0 Å². The van der Waals surface area contributed by atoms with Crippen molar-refractivity contribution < 1.29 is 24.1 Å². The Balaban J connectivity index is 1.94. The molecule has 8 nitrogen and oxygen atoms in total. The number of benzene rings is 2. The van der Waals surface area contributed by atoms with E-state index in [0.29, 0.717) is 49.7 Å². The standard InChI is InChI=1S/C28H28N2O6S/c1-6-8-19-13-17(14-21(35-5)25(19)31)15-22-26(32)30-24(18-9-11-20(34-4)12-10-18)23(27(33)36-7-2)16(3)29-28(30)37-22/h6,9-15,24,31H,1,7-8H2,2-5H3/b22-15-. The lowest BCUT2D eigenvalue weighted by atomic mass is 9.96. The molecule has 0 saturated carbocycles. The van der Waals surface area contributed by atoms with Gasteiger partial charge in [0.25, 0.3) is 5.56 Å². The molecule has 0 fully saturated rings. The van der Waals surface area contributed by atoms with Gasteiger partial charge in [-0.25, -0.2) is 9.79 Å². The largest absolute Gasteiger partial charge is 0.504 e. The maximum absolute atomic E-state index is 13.8. The second-order valence-electron chi connectivity index (χ2n) is 8.30. The van der Waals surface area contributed by atoms with E-state index in [1.165, 1.54) is 23.0 Å². The molecule has 4 rings (SSSR count). The number of hydrogen-bond donors (Lipinski definition) is 1. The number of fused-ring (bicyclic) bond motifs is 1. The van der Waals surface area contributed by atoms with Gasteiger partial charge in [0, 0.05) is 5.56 Å². The number of aromatic hydroxyl groups is 1. The van der Waals surface area contributed by atoms with Gasteiger partial charge in [-0.15, -0.1) is 6.58 Å². The van der Waals surface area contributed by atoms with Gasteiger partial charge in [0.05, 0.1) is 42.7 Å². The molecular formula is C28H28N2O6S. The number of carbonyl (C=O) groups excluding carboxylic acids is 1. The summed E-state index contributed by atoms with van der Waals surface area (Å²) in [6, 6.07) is 9.95. The Labute approximate surface area is 218 Å². The molecule has 0 saturated heterocycles. The lowest BCUT2D eigenvalue weighted by molar-refractivity contribution is -0.139. The first kappa shape index (κ1) is 26.0. The van der Waals surface area contributed by atoms with Crippen molar-refractivity contribution in [3.05, 3.63) is 96.7 Å². The number of nitrogens with zero attached hydrogens (tertiary/aromatic N) is 2. The Morgan fingerprint density at radius 3 is 2.57 bits per heavy atom. The Kier molecular flexibility index (Phi) is 7.63. The highest BCUT2D eigenvalue weighted by Gasteiger charge is 2.33. The van der Waals surface area contributed by atoms with Gasteiger partial charge in [-0.05, 0) is 61.7 Å². The molecule has 2 aromatic carbocycles. The van der Waals surface area contributed by atoms with Crippen LogP contribution >= 0.6 is 11.3 Å². The first-order valence-corrected chi connectivity index (χ1v) is 12.5. The summed E-state index contributed by atoms with van der Waals surface area (Å²) in [6.45, 7) is 7.41. The van der Waals surface area contributed by atoms with Gasteiger partial charge < -0.3 is 19.3 Å². The van der Waals surface area contributed by atoms with Gasteiger partial charge in [0.15, 0.2) is 16.3 Å². The van der Waals surface area contributed by atoms with E-state index in [0.717, 1.165) is 5.56 Å². The third-order valence-corrected chi connectivity index (χ3v) is 6.99. The molecule has 192 valence electrons. The van der Waals surface area contributed by atoms with Crippen molar-refractivity contribution in [2.45, 2.75) is 26.3 Å². The number of phenolic OH excluding ortho intramolecular Hbond substituents is 1. The molecule has 9 heteroatoms. The quantitative estimate of drug-likeness (QED) is 0.362. The summed E-state index contributed by atoms with van der Waals surface area (Å²) in [4.78, 5) is 31.8. The van der Waals surface area contributed by atoms with Crippen molar-refractivity contribution in [2.75, 3.05) is 20.8 Å². The first-order chi connectivity index (χ1) is 17.8. The van der Waals surface area contributed by atoms with Gasteiger partial charge in [-0.2, -0.15) is 0 Å². The van der Waals surface area contributed by atoms with Crippen LogP contribution in [0.15, 0.2) is 70.1 Å². The van der Waals surface area contributed by atoms with Gasteiger partial charge >= 0.3 is 5.97 Å². The maximum atomic E-state index is 13.8. The number of thiazole rings is 1. The van der Waals surface area contributed by atoms with Crippen LogP contribution in [0.25, 0.3) is 6.08 Å². The van der Waals surface area contributed by atoms with E-state index in [-0.39, 0.29) is 17.9 Å². The molecule has 0 aliphatic carbocycles. The second-order valence-corrected chi connectivity index (χ2v) is 9.31. The highest BCUT2D eigenvalue weighted by Crippen LogP contribution is 2.33. The van der Waals surface area contributed by atoms with Crippen LogP contribution in [0.4, 0.5) is 0 Å². The maximum Gasteiger partial charge on any atom is 0.338 e. The summed E-state index contributed by atoms with van der Waals surface area (Å²) < 4.78 is 17.9. The van der Waals surface area contributed by atoms with E-state index < -0.39 is 12.0 Å². The average molecular weight is 521 g/mol. The van der Waals surface area contributed by atoms with Crippen LogP contribution in [0.1, 0.15) is 36.6 Å². The van der Waals surface area contributed by atoms with Crippen LogP contribution in [-0.4, -0.2) is 36.5 Å². The number of esters is 1. The van der Waals surface area contributed by atoms with Crippen LogP contribution in [-0.2, 0) is 16.0 Å². The molecule has 1 aromatic heterocycles. The fraction of sp³-hybridized carbons (Fsp3) is 0.250. The Hall–Kier alpha value is -4.11. The number of ether oxygens (including phenoxy) is 3. The third-order valence-electron chi connectivity index (χ3n) is 6.01. The van der Waals surface area contributed by atoms with Crippen molar-refractivity contribution in [3.8, 4) is 17.2 Å². The van der Waals surface area contributed by atoms with E-state index in [1.807, 2.05) is 12.1 Å². The van der Waals surface area contributed by atoms with Crippen molar-refractivity contribution in [2.24, 2.45) is 4.99 Å². The average Bonchev–Trinajstić information content (AvgIpc) is 3.19. The van der Waals surface area contributed by atoms with E-state index in [1.54, 1.807) is 57.4 Å². The highest BCUT2D eigenvalue weighted by molar-refractivity contribution is 7.07. The minimum Gasteiger partial charge on any atom is -0.504 e. The summed E-state index contributed by atoms with van der Waals surface area (Å²) in [6.07, 6.45) is 3.85. The summed E-state index contributed by atoms with van der Waals surface area (Å²) in [7, 11) is 3.05. The zero-order valence-corrected chi connectivity index (χ0v) is 21.9. The number of rotatable bonds is 8. The Bertz CT molecular complexity index is 1560. The topological polar surface area (TPSA) is 99.4 Å². The van der Waals surface area contributed by atoms with Gasteiger partial charge in [-0.1, -0.05) is 29.5 Å². The Morgan fingerprint density at radius 2 is 1.95 bits per heavy atom. The molecule has 2 heterocycles. The molecule has 0 bridgehead atoms. The fourth-order valence-corrected chi connectivity index (χ4v) is 5.33. The molecule has 37 heavy (non-hydrogen) atoms. The van der Waals surface area contributed by atoms with Gasteiger partial charge in [0.1, 0.15) is 5.75 Å². The SMILES string of the molecule is C=CCc1cc(/C=c2\sc3n(c2=O)C(c2ccc(OC)cc2)C(C(=O)OCC)=C(C)N=3)cc(OC)c1O. The lowest BCUT2D eigenvalue weighted by Gasteiger charge is -2.24. The summed E-state index contributed by atoms with van der Waals surface area (Å²) in [5, 5.41) is 10.4. The molecule has 1 unspecified atom stereocenters. The van der Waals surface area contributed by atoms with Crippen LogP contribution in [0.5, 0.6) is 17.2 Å². The molecule has 3 aromatic rings. The summed E-state index contributed by atoms with van der Waals surface area (Å²) in [5.41, 5.74) is 2.54. The van der Waals surface area contributed by atoms with Gasteiger partial charge in [-0.3, -0.25) is 9.36 Å². The predicted octanol–water partition coefficient (Wildman–Crippen LogP) is 3.25. The van der Waals surface area contributed by atoms with E-state index in [4.69, 9.17) is 14.2 Å². The molecular weight excluding hydrogens is 492 g/mol. The number of hydrogen-bond acceptors (Lipinski definition) is 8. The minimum absolute atomic E-state index is 0.0372. The first-order valence-electron chi connectivity index (χ1n) is 11.7. The molecule has 1 atom stereocenters. The van der Waals surface area contributed by atoms with E-state index in [9.17, 15) is 14.7 Å². The summed E-state index contributed by atoms with van der Waals surface area (Å²) >= 11 is 1.22. The molecule has 0 amide bonds. The number of methoxy groups -OCH3 is 2. The smallest absolute Gasteiger partial charge is 0.338 e. The third kappa shape index (κ3) is 4.95. The number of allylic oxidation sites excluding steroid dienone is 2. The number of carbonyl (C=O) groups is 1. The van der Waals surface area contributed by atoms with Gasteiger partial charge in [0.2, 0.25) is 0 Å². The van der Waals surface area contributed by atoms with Crippen LogP contribution in [0.2, 0.25) is 0 Å². The number of phenols is 1. The van der Waals surface area contributed by atoms with Crippen LogP contribution in [0.3, 0.4) is 0 Å². The number of aromatic nitrogens is 1. The molecule has 1 N–H and O–H groups in total. The van der Waals surface area contributed by atoms with Crippen molar-refractivity contribution >= 4 is 23.4 Å². The molecule has 0 spiro atoms. The molecule has 1 aliphatic heterocycles. The predicted molar refractivity (Wildman–Crippen MR) is 142 cm³/mol. The monoisotopic (exact) mass is 520 g/mol.